The Kier molecular flexibility index (Phi) is 5.46. The normalized spacial score (nSPS) is 18.4. The molecule has 27 heavy (non-hydrogen) atoms. The summed E-state index contributed by atoms with van der Waals surface area (Å²) in [5.41, 5.74) is 3.07. The van der Waals surface area contributed by atoms with E-state index in [1.807, 2.05) is 25.1 Å². The van der Waals surface area contributed by atoms with Gasteiger partial charge in [-0.1, -0.05) is 32.0 Å². The van der Waals surface area contributed by atoms with Crippen molar-refractivity contribution in [3.63, 3.8) is 0 Å². The van der Waals surface area contributed by atoms with Crippen molar-refractivity contribution >= 4 is 27.4 Å². The first-order valence-electron chi connectivity index (χ1n) is 8.96. The second-order valence-corrected chi connectivity index (χ2v) is 9.39. The number of carbonyl (C=O) groups excluding carboxylic acids is 1. The van der Waals surface area contributed by atoms with Crippen molar-refractivity contribution in [1.29, 1.82) is 0 Å². The van der Waals surface area contributed by atoms with Gasteiger partial charge in [0, 0.05) is 17.9 Å². The monoisotopic (exact) mass is 388 g/mol. The Labute approximate surface area is 159 Å². The van der Waals surface area contributed by atoms with Crippen molar-refractivity contribution < 1.29 is 13.2 Å². The number of anilines is 2. The van der Waals surface area contributed by atoms with Gasteiger partial charge in [-0.25, -0.2) is 18.4 Å². The smallest absolute Gasteiger partial charge is 0.274 e. The maximum absolute atomic E-state index is 12.7. The highest BCUT2D eigenvalue weighted by Crippen LogP contribution is 2.27. The van der Waals surface area contributed by atoms with E-state index in [2.05, 4.69) is 34.4 Å². The van der Waals surface area contributed by atoms with E-state index in [4.69, 9.17) is 0 Å². The summed E-state index contributed by atoms with van der Waals surface area (Å²) < 4.78 is 23.2. The highest BCUT2D eigenvalue weighted by atomic mass is 32.2. The summed E-state index contributed by atoms with van der Waals surface area (Å²) in [6.07, 6.45) is 2.01. The number of carbonyl (C=O) groups is 1. The Balaban J connectivity index is 1.77. The topological polar surface area (TPSA) is 101 Å². The molecule has 144 valence electrons. The summed E-state index contributed by atoms with van der Waals surface area (Å²) in [5, 5.41) is 5.97. The molecule has 1 atom stereocenters. The lowest BCUT2D eigenvalue weighted by Crippen LogP contribution is -2.23. The Hall–Kier alpha value is -2.48. The fraction of sp³-hybridized carbons (Fsp3) is 0.421. The molecule has 1 amide bonds. The molecule has 1 aromatic heterocycles. The molecule has 2 N–H and O–H groups in total. The average Bonchev–Trinajstić information content (AvgIpc) is 2.95. The van der Waals surface area contributed by atoms with Crippen LogP contribution < -0.4 is 10.6 Å². The Morgan fingerprint density at radius 3 is 2.70 bits per heavy atom. The summed E-state index contributed by atoms with van der Waals surface area (Å²) in [6.45, 7) is 6.11. The zero-order valence-corrected chi connectivity index (χ0v) is 16.5. The lowest BCUT2D eigenvalue weighted by atomic mass is 9.98. The van der Waals surface area contributed by atoms with Gasteiger partial charge in [-0.3, -0.25) is 4.79 Å². The van der Waals surface area contributed by atoms with Crippen LogP contribution in [0.2, 0.25) is 0 Å². The standard InChI is InChI=1S/C19H24N4O3S/c1-12(2)15-6-4-5-13(3)17(15)23-18(24)16-7-9-20-19(22-16)21-14-8-10-27(25,26)11-14/h4-7,9,12,14H,8,10-11H2,1-3H3,(H,23,24)(H,20,21,22). The summed E-state index contributed by atoms with van der Waals surface area (Å²) in [5.74, 6) is 0.436. The van der Waals surface area contributed by atoms with Crippen LogP contribution in [-0.2, 0) is 9.84 Å². The molecule has 1 aliphatic heterocycles. The van der Waals surface area contributed by atoms with E-state index in [-0.39, 0.29) is 41.0 Å². The Bertz CT molecular complexity index is 957. The quantitative estimate of drug-likeness (QED) is 0.817. The van der Waals surface area contributed by atoms with Gasteiger partial charge in [0.15, 0.2) is 9.84 Å². The number of rotatable bonds is 5. The molecule has 1 unspecified atom stereocenters. The molecule has 7 nitrogen and oxygen atoms in total. The molecule has 0 spiro atoms. The number of benzene rings is 1. The van der Waals surface area contributed by atoms with Gasteiger partial charge in [-0.2, -0.15) is 0 Å². The van der Waals surface area contributed by atoms with Crippen molar-refractivity contribution in [2.45, 2.75) is 39.2 Å². The minimum absolute atomic E-state index is 0.0632. The van der Waals surface area contributed by atoms with E-state index in [1.165, 1.54) is 6.20 Å². The van der Waals surface area contributed by atoms with Crippen LogP contribution >= 0.6 is 0 Å². The molecule has 1 aromatic carbocycles. The number of sulfone groups is 1. The minimum atomic E-state index is -3.00. The largest absolute Gasteiger partial charge is 0.350 e. The predicted octanol–water partition coefficient (Wildman–Crippen LogP) is 2.76. The second kappa shape index (κ2) is 7.64. The van der Waals surface area contributed by atoms with Crippen LogP contribution in [0.3, 0.4) is 0 Å². The SMILES string of the molecule is Cc1cccc(C(C)C)c1NC(=O)c1ccnc(NC2CCS(=O)(=O)C2)n1. The minimum Gasteiger partial charge on any atom is -0.350 e. The third-order valence-corrected chi connectivity index (χ3v) is 6.39. The van der Waals surface area contributed by atoms with Gasteiger partial charge in [-0.05, 0) is 36.5 Å². The predicted molar refractivity (Wildman–Crippen MR) is 106 cm³/mol. The summed E-state index contributed by atoms with van der Waals surface area (Å²) in [6, 6.07) is 7.25. The second-order valence-electron chi connectivity index (χ2n) is 7.16. The van der Waals surface area contributed by atoms with E-state index < -0.39 is 9.84 Å². The maximum atomic E-state index is 12.7. The molecule has 2 aromatic rings. The first-order valence-corrected chi connectivity index (χ1v) is 10.8. The van der Waals surface area contributed by atoms with Gasteiger partial charge >= 0.3 is 0 Å². The number of para-hydroxylation sites is 1. The van der Waals surface area contributed by atoms with Crippen molar-refractivity contribution in [3.8, 4) is 0 Å². The van der Waals surface area contributed by atoms with Gasteiger partial charge in [-0.15, -0.1) is 0 Å². The first kappa shape index (κ1) is 19.3. The zero-order valence-electron chi connectivity index (χ0n) is 15.7. The van der Waals surface area contributed by atoms with Crippen molar-refractivity contribution in [2.75, 3.05) is 22.1 Å². The molecule has 0 aliphatic carbocycles. The molecule has 0 saturated carbocycles. The Morgan fingerprint density at radius 1 is 1.26 bits per heavy atom. The van der Waals surface area contributed by atoms with Gasteiger partial charge in [0.25, 0.3) is 5.91 Å². The molecule has 0 radical (unpaired) electrons. The van der Waals surface area contributed by atoms with Crippen LogP contribution in [0, 0.1) is 6.92 Å². The Morgan fingerprint density at radius 2 is 2.04 bits per heavy atom. The summed E-state index contributed by atoms with van der Waals surface area (Å²) >= 11 is 0. The van der Waals surface area contributed by atoms with Crippen molar-refractivity contribution in [1.82, 2.24) is 9.97 Å². The number of hydrogen-bond donors (Lipinski definition) is 2. The highest BCUT2D eigenvalue weighted by molar-refractivity contribution is 7.91. The van der Waals surface area contributed by atoms with E-state index in [0.29, 0.717) is 6.42 Å². The average molecular weight is 388 g/mol. The van der Waals surface area contributed by atoms with Crippen LogP contribution in [0.5, 0.6) is 0 Å². The van der Waals surface area contributed by atoms with Gasteiger partial charge < -0.3 is 10.6 Å². The van der Waals surface area contributed by atoms with E-state index in [0.717, 1.165) is 16.8 Å². The third kappa shape index (κ3) is 4.63. The van der Waals surface area contributed by atoms with Crippen LogP contribution in [0.15, 0.2) is 30.5 Å². The highest BCUT2D eigenvalue weighted by Gasteiger charge is 2.28. The maximum Gasteiger partial charge on any atom is 0.274 e. The lowest BCUT2D eigenvalue weighted by Gasteiger charge is -2.16. The first-order chi connectivity index (χ1) is 12.7. The van der Waals surface area contributed by atoms with E-state index in [9.17, 15) is 13.2 Å². The van der Waals surface area contributed by atoms with Gasteiger partial charge in [0.05, 0.1) is 11.5 Å². The van der Waals surface area contributed by atoms with Crippen LogP contribution in [0.1, 0.15) is 47.8 Å². The van der Waals surface area contributed by atoms with Gasteiger partial charge in [0.2, 0.25) is 5.95 Å². The molecular weight excluding hydrogens is 364 g/mol. The molecule has 3 rings (SSSR count). The van der Waals surface area contributed by atoms with Crippen LogP contribution in [0.25, 0.3) is 0 Å². The molecule has 0 bridgehead atoms. The van der Waals surface area contributed by atoms with Crippen molar-refractivity contribution in [2.24, 2.45) is 0 Å². The molecule has 2 heterocycles. The van der Waals surface area contributed by atoms with E-state index >= 15 is 0 Å². The molecule has 1 saturated heterocycles. The fourth-order valence-electron chi connectivity index (χ4n) is 3.17. The third-order valence-electron chi connectivity index (χ3n) is 4.62. The zero-order chi connectivity index (χ0) is 19.6. The summed E-state index contributed by atoms with van der Waals surface area (Å²) in [7, 11) is -3.00. The number of hydrogen-bond acceptors (Lipinski definition) is 6. The summed E-state index contributed by atoms with van der Waals surface area (Å²) in [4.78, 5) is 21.1. The number of nitrogens with one attached hydrogen (secondary N) is 2. The number of aromatic nitrogens is 2. The number of nitrogens with zero attached hydrogens (tertiary/aromatic N) is 2. The van der Waals surface area contributed by atoms with Crippen LogP contribution in [0.4, 0.5) is 11.6 Å². The molecule has 1 fully saturated rings. The molecule has 1 aliphatic rings. The van der Waals surface area contributed by atoms with E-state index in [1.54, 1.807) is 6.07 Å². The number of aryl methyl sites for hydroxylation is 1. The van der Waals surface area contributed by atoms with Crippen LogP contribution in [-0.4, -0.2) is 41.8 Å². The molecule has 8 heteroatoms. The fourth-order valence-corrected chi connectivity index (χ4v) is 4.84. The lowest BCUT2D eigenvalue weighted by molar-refractivity contribution is 0.102. The number of amides is 1. The van der Waals surface area contributed by atoms with Gasteiger partial charge in [0.1, 0.15) is 5.69 Å². The molecular formula is C19H24N4O3S. The van der Waals surface area contributed by atoms with Crippen molar-refractivity contribution in [3.05, 3.63) is 47.3 Å².